The number of fused-ring (bicyclic) bond motifs is 1. The fraction of sp³-hybridized carbons (Fsp3) is 0.278. The van der Waals surface area contributed by atoms with Gasteiger partial charge in [-0.1, -0.05) is 41.9 Å². The predicted octanol–water partition coefficient (Wildman–Crippen LogP) is 2.82. The number of nitrogens with one attached hydrogen (secondary N) is 1. The maximum Gasteiger partial charge on any atom is 0.239 e. The summed E-state index contributed by atoms with van der Waals surface area (Å²) in [5.74, 6) is 0.779. The normalized spacial score (nSPS) is 14.7. The second-order valence-electron chi connectivity index (χ2n) is 5.58. The molecule has 0 saturated heterocycles. The van der Waals surface area contributed by atoms with Crippen molar-refractivity contribution in [3.8, 4) is 11.5 Å². The van der Waals surface area contributed by atoms with Crippen LogP contribution in [0.25, 0.3) is 0 Å². The third-order valence-electron chi connectivity index (χ3n) is 3.79. The zero-order valence-electron chi connectivity index (χ0n) is 13.1. The number of carbonyl (C=O) groups is 1. The van der Waals surface area contributed by atoms with E-state index < -0.39 is 11.9 Å². The summed E-state index contributed by atoms with van der Waals surface area (Å²) in [5, 5.41) is 3.67. The average molecular weight is 347 g/mol. The molecule has 6 heteroatoms. The molecule has 1 unspecified atom stereocenters. The van der Waals surface area contributed by atoms with Gasteiger partial charge in [0.25, 0.3) is 0 Å². The van der Waals surface area contributed by atoms with Gasteiger partial charge >= 0.3 is 0 Å². The van der Waals surface area contributed by atoms with Crippen LogP contribution in [0.4, 0.5) is 0 Å². The number of rotatable bonds is 5. The Labute approximate surface area is 145 Å². The van der Waals surface area contributed by atoms with Crippen LogP contribution in [0.3, 0.4) is 0 Å². The van der Waals surface area contributed by atoms with E-state index in [-0.39, 0.29) is 0 Å². The van der Waals surface area contributed by atoms with Gasteiger partial charge in [-0.3, -0.25) is 10.1 Å². The number of benzene rings is 2. The van der Waals surface area contributed by atoms with Crippen molar-refractivity contribution in [2.75, 3.05) is 13.2 Å². The Morgan fingerprint density at radius 1 is 1.21 bits per heavy atom. The summed E-state index contributed by atoms with van der Waals surface area (Å²) < 4.78 is 11.3. The maximum atomic E-state index is 11.8. The molecule has 3 N–H and O–H groups in total. The van der Waals surface area contributed by atoms with Gasteiger partial charge in [0.05, 0.1) is 18.2 Å². The smallest absolute Gasteiger partial charge is 0.239 e. The van der Waals surface area contributed by atoms with Crippen LogP contribution >= 0.6 is 11.6 Å². The molecule has 0 aliphatic carbocycles. The number of hydrogen-bond acceptors (Lipinski definition) is 4. The second-order valence-corrected chi connectivity index (χ2v) is 5.99. The van der Waals surface area contributed by atoms with E-state index in [2.05, 4.69) is 5.32 Å². The Bertz CT molecular complexity index is 722. The van der Waals surface area contributed by atoms with Crippen LogP contribution in [0.2, 0.25) is 5.02 Å². The van der Waals surface area contributed by atoms with Gasteiger partial charge in [-0.2, -0.15) is 0 Å². The Balaban J connectivity index is 1.77. The lowest BCUT2D eigenvalue weighted by Gasteiger charge is -2.17. The summed E-state index contributed by atoms with van der Waals surface area (Å²) in [6, 6.07) is 12.5. The van der Waals surface area contributed by atoms with Gasteiger partial charge in [0.15, 0.2) is 11.5 Å². The molecule has 0 spiro atoms. The summed E-state index contributed by atoms with van der Waals surface area (Å²) in [4.78, 5) is 11.8. The van der Waals surface area contributed by atoms with Crippen LogP contribution in [0.15, 0.2) is 42.5 Å². The first kappa shape index (κ1) is 16.6. The molecule has 2 aromatic carbocycles. The van der Waals surface area contributed by atoms with Crippen molar-refractivity contribution in [1.82, 2.24) is 5.32 Å². The summed E-state index contributed by atoms with van der Waals surface area (Å²) in [7, 11) is 0. The Morgan fingerprint density at radius 2 is 1.96 bits per heavy atom. The molecule has 1 aliphatic heterocycles. The molecule has 2 aromatic rings. The maximum absolute atomic E-state index is 11.8. The van der Waals surface area contributed by atoms with Gasteiger partial charge in [-0.15, -0.1) is 0 Å². The lowest BCUT2D eigenvalue weighted by atomic mass is 10.1. The van der Waals surface area contributed by atoms with E-state index >= 15 is 0 Å². The number of primary amides is 1. The number of carbonyl (C=O) groups excluding carboxylic acids is 1. The van der Waals surface area contributed by atoms with E-state index in [1.165, 1.54) is 0 Å². The van der Waals surface area contributed by atoms with Crippen molar-refractivity contribution in [3.05, 3.63) is 58.6 Å². The predicted molar refractivity (Wildman–Crippen MR) is 92.3 cm³/mol. The lowest BCUT2D eigenvalue weighted by Crippen LogP contribution is -2.33. The zero-order chi connectivity index (χ0) is 16.9. The SMILES string of the molecule is NC(=O)C(NCc1cc(Cl)c2c(c1)OCCCO2)c1ccccc1. The van der Waals surface area contributed by atoms with Crippen molar-refractivity contribution in [2.45, 2.75) is 19.0 Å². The van der Waals surface area contributed by atoms with E-state index in [4.69, 9.17) is 26.8 Å². The van der Waals surface area contributed by atoms with Crippen molar-refractivity contribution in [1.29, 1.82) is 0 Å². The molecule has 1 atom stereocenters. The minimum absolute atomic E-state index is 0.429. The highest BCUT2D eigenvalue weighted by Gasteiger charge is 2.19. The lowest BCUT2D eigenvalue weighted by molar-refractivity contribution is -0.120. The molecule has 1 amide bonds. The molecular formula is C18H19ClN2O3. The molecular weight excluding hydrogens is 328 g/mol. The molecule has 1 aliphatic rings. The highest BCUT2D eigenvalue weighted by Crippen LogP contribution is 2.38. The standard InChI is InChI=1S/C18H19ClN2O3/c19-14-9-12(10-15-17(14)24-8-4-7-23-15)11-21-16(18(20)22)13-5-2-1-3-6-13/h1-3,5-6,9-10,16,21H,4,7-8,11H2,(H2,20,22). The minimum Gasteiger partial charge on any atom is -0.489 e. The van der Waals surface area contributed by atoms with E-state index in [9.17, 15) is 4.79 Å². The monoisotopic (exact) mass is 346 g/mol. The average Bonchev–Trinajstić information content (AvgIpc) is 2.81. The summed E-state index contributed by atoms with van der Waals surface area (Å²) >= 11 is 6.29. The molecule has 0 saturated carbocycles. The first-order valence-electron chi connectivity index (χ1n) is 7.81. The van der Waals surface area contributed by atoms with Crippen molar-refractivity contribution in [2.24, 2.45) is 5.73 Å². The molecule has 3 rings (SSSR count). The Hall–Kier alpha value is -2.24. The van der Waals surface area contributed by atoms with Crippen LogP contribution in [0, 0.1) is 0 Å². The number of nitrogens with two attached hydrogens (primary N) is 1. The topological polar surface area (TPSA) is 73.6 Å². The van der Waals surface area contributed by atoms with Crippen LogP contribution in [-0.4, -0.2) is 19.1 Å². The van der Waals surface area contributed by atoms with E-state index in [1.807, 2.05) is 42.5 Å². The molecule has 5 nitrogen and oxygen atoms in total. The molecule has 0 aromatic heterocycles. The quantitative estimate of drug-likeness (QED) is 0.873. The van der Waals surface area contributed by atoms with Crippen molar-refractivity contribution < 1.29 is 14.3 Å². The molecule has 0 radical (unpaired) electrons. The molecule has 24 heavy (non-hydrogen) atoms. The largest absolute Gasteiger partial charge is 0.489 e. The van der Waals surface area contributed by atoms with Gasteiger partial charge < -0.3 is 15.2 Å². The zero-order valence-corrected chi connectivity index (χ0v) is 13.9. The van der Waals surface area contributed by atoms with Crippen LogP contribution in [-0.2, 0) is 11.3 Å². The second kappa shape index (κ2) is 7.55. The van der Waals surface area contributed by atoms with E-state index in [0.29, 0.717) is 36.3 Å². The Morgan fingerprint density at radius 3 is 2.71 bits per heavy atom. The third kappa shape index (κ3) is 3.80. The number of ether oxygens (including phenoxy) is 2. The van der Waals surface area contributed by atoms with Crippen LogP contribution in [0.1, 0.15) is 23.6 Å². The molecule has 0 fully saturated rings. The third-order valence-corrected chi connectivity index (χ3v) is 4.07. The van der Waals surface area contributed by atoms with Gasteiger partial charge in [-0.25, -0.2) is 0 Å². The van der Waals surface area contributed by atoms with Crippen molar-refractivity contribution in [3.63, 3.8) is 0 Å². The number of amides is 1. The van der Waals surface area contributed by atoms with Gasteiger partial charge in [0.2, 0.25) is 5.91 Å². The first-order chi connectivity index (χ1) is 11.6. The molecule has 126 valence electrons. The van der Waals surface area contributed by atoms with Gasteiger partial charge in [0.1, 0.15) is 6.04 Å². The summed E-state index contributed by atoms with van der Waals surface area (Å²) in [6.07, 6.45) is 0.816. The highest BCUT2D eigenvalue weighted by molar-refractivity contribution is 6.32. The molecule has 1 heterocycles. The van der Waals surface area contributed by atoms with Crippen LogP contribution < -0.4 is 20.5 Å². The Kier molecular flexibility index (Phi) is 5.23. The minimum atomic E-state index is -0.569. The van der Waals surface area contributed by atoms with Crippen LogP contribution in [0.5, 0.6) is 11.5 Å². The van der Waals surface area contributed by atoms with Crippen molar-refractivity contribution >= 4 is 17.5 Å². The fourth-order valence-electron chi connectivity index (χ4n) is 2.63. The van der Waals surface area contributed by atoms with E-state index in [0.717, 1.165) is 17.5 Å². The first-order valence-corrected chi connectivity index (χ1v) is 8.18. The molecule has 0 bridgehead atoms. The number of hydrogen-bond donors (Lipinski definition) is 2. The number of halogens is 1. The highest BCUT2D eigenvalue weighted by atomic mass is 35.5. The summed E-state index contributed by atoms with van der Waals surface area (Å²) in [5.41, 5.74) is 7.24. The van der Waals surface area contributed by atoms with Gasteiger partial charge in [-0.05, 0) is 23.3 Å². The van der Waals surface area contributed by atoms with Gasteiger partial charge in [0, 0.05) is 13.0 Å². The fourth-order valence-corrected chi connectivity index (χ4v) is 2.92. The summed E-state index contributed by atoms with van der Waals surface area (Å²) in [6.45, 7) is 1.61. The van der Waals surface area contributed by atoms with E-state index in [1.54, 1.807) is 0 Å².